The molecule has 0 amide bonds. The second-order valence-electron chi connectivity index (χ2n) is 6.30. The van der Waals surface area contributed by atoms with Crippen molar-refractivity contribution in [3.05, 3.63) is 12.5 Å². The van der Waals surface area contributed by atoms with Crippen LogP contribution < -0.4 is 5.73 Å². The summed E-state index contributed by atoms with van der Waals surface area (Å²) in [5, 5.41) is 1.34. The summed E-state index contributed by atoms with van der Waals surface area (Å²) < 4.78 is 5.39. The minimum atomic E-state index is 0.426. The fourth-order valence-electron chi connectivity index (χ4n) is 3.00. The van der Waals surface area contributed by atoms with E-state index in [9.17, 15) is 0 Å². The maximum absolute atomic E-state index is 5.95. The van der Waals surface area contributed by atoms with Gasteiger partial charge in [0.15, 0.2) is 0 Å². The van der Waals surface area contributed by atoms with Gasteiger partial charge in [0, 0.05) is 5.25 Å². The maximum atomic E-state index is 5.95. The van der Waals surface area contributed by atoms with Crippen LogP contribution in [0.15, 0.2) is 22.1 Å². The molecule has 1 aliphatic rings. The summed E-state index contributed by atoms with van der Waals surface area (Å²) in [6.07, 6.45) is 8.39. The van der Waals surface area contributed by atoms with E-state index >= 15 is 0 Å². The van der Waals surface area contributed by atoms with Gasteiger partial charge in [-0.15, -0.1) is 0 Å². The van der Waals surface area contributed by atoms with E-state index in [1.807, 2.05) is 0 Å². The first-order chi connectivity index (χ1) is 9.06. The van der Waals surface area contributed by atoms with Crippen LogP contribution in [0.4, 0.5) is 0 Å². The van der Waals surface area contributed by atoms with Crippen molar-refractivity contribution in [1.82, 2.24) is 4.98 Å². The first-order valence-electron chi connectivity index (χ1n) is 7.33. The third-order valence-corrected chi connectivity index (χ3v) is 6.19. The van der Waals surface area contributed by atoms with Crippen molar-refractivity contribution in [2.24, 2.45) is 23.0 Å². The number of rotatable bonds is 5. The third-order valence-electron chi connectivity index (χ3n) is 4.91. The molecule has 1 heterocycles. The zero-order valence-electron chi connectivity index (χ0n) is 12.3. The number of hydrogen-bond donors (Lipinski definition) is 1. The first kappa shape index (κ1) is 14.9. The smallest absolute Gasteiger partial charge is 0.255 e. The fraction of sp³-hybridized carbons (Fsp3) is 0.800. The molecule has 1 aromatic rings. The van der Waals surface area contributed by atoms with Crippen molar-refractivity contribution >= 4 is 11.8 Å². The van der Waals surface area contributed by atoms with Crippen LogP contribution in [-0.4, -0.2) is 16.8 Å². The summed E-state index contributed by atoms with van der Waals surface area (Å²) in [7, 11) is 0. The number of oxazole rings is 1. The third kappa shape index (κ3) is 3.54. The fourth-order valence-corrected chi connectivity index (χ4v) is 4.26. The van der Waals surface area contributed by atoms with Crippen molar-refractivity contribution in [2.45, 2.75) is 56.9 Å². The van der Waals surface area contributed by atoms with Gasteiger partial charge in [-0.1, -0.05) is 39.0 Å². The molecule has 0 bridgehead atoms. The van der Waals surface area contributed by atoms with E-state index < -0.39 is 0 Å². The van der Waals surface area contributed by atoms with Crippen LogP contribution in [0, 0.1) is 17.3 Å². The zero-order chi connectivity index (χ0) is 13.9. The molecule has 1 aromatic heterocycles. The molecule has 0 spiro atoms. The molecule has 0 saturated heterocycles. The van der Waals surface area contributed by atoms with Crippen LogP contribution in [0.3, 0.4) is 0 Å². The van der Waals surface area contributed by atoms with Crippen molar-refractivity contribution in [1.29, 1.82) is 0 Å². The summed E-state index contributed by atoms with van der Waals surface area (Å²) in [5.41, 5.74) is 6.37. The van der Waals surface area contributed by atoms with E-state index in [-0.39, 0.29) is 0 Å². The molecule has 108 valence electrons. The van der Waals surface area contributed by atoms with E-state index in [1.54, 1.807) is 24.2 Å². The Morgan fingerprint density at radius 3 is 2.84 bits per heavy atom. The van der Waals surface area contributed by atoms with Gasteiger partial charge >= 0.3 is 0 Å². The molecule has 4 heteroatoms. The predicted molar refractivity (Wildman–Crippen MR) is 80.1 cm³/mol. The average Bonchev–Trinajstić information content (AvgIpc) is 2.91. The highest BCUT2D eigenvalue weighted by Gasteiger charge is 2.37. The Hall–Kier alpha value is -0.480. The topological polar surface area (TPSA) is 52.0 Å². The second-order valence-corrected chi connectivity index (χ2v) is 7.49. The van der Waals surface area contributed by atoms with Crippen LogP contribution in [0.25, 0.3) is 0 Å². The van der Waals surface area contributed by atoms with Gasteiger partial charge in [0.2, 0.25) is 0 Å². The minimum Gasteiger partial charge on any atom is -0.440 e. The van der Waals surface area contributed by atoms with Crippen LogP contribution in [-0.2, 0) is 0 Å². The number of thioether (sulfide) groups is 1. The molecule has 1 aliphatic carbocycles. The lowest BCUT2D eigenvalue weighted by atomic mass is 9.67. The molecule has 2 N–H and O–H groups in total. The highest BCUT2D eigenvalue weighted by Crippen LogP contribution is 2.46. The standard InChI is InChI=1S/C15H26N2OS/c1-4-15(2,3)12-6-5-11(10-16)13(9-12)19-14-17-7-8-18-14/h7-8,11-13H,4-6,9-10,16H2,1-3H3. The van der Waals surface area contributed by atoms with Crippen molar-refractivity contribution in [3.8, 4) is 0 Å². The summed E-state index contributed by atoms with van der Waals surface area (Å²) in [6.45, 7) is 7.86. The maximum Gasteiger partial charge on any atom is 0.255 e. The first-order valence-corrected chi connectivity index (χ1v) is 8.21. The Labute approximate surface area is 120 Å². The van der Waals surface area contributed by atoms with Gasteiger partial charge in [-0.2, -0.15) is 0 Å². The Bertz CT molecular complexity index is 378. The van der Waals surface area contributed by atoms with Gasteiger partial charge in [0.05, 0.1) is 6.20 Å². The van der Waals surface area contributed by atoms with E-state index in [4.69, 9.17) is 10.2 Å². The molecule has 19 heavy (non-hydrogen) atoms. The van der Waals surface area contributed by atoms with Gasteiger partial charge in [-0.25, -0.2) is 4.98 Å². The molecule has 3 unspecified atom stereocenters. The molecule has 2 rings (SSSR count). The normalized spacial score (nSPS) is 28.5. The number of hydrogen-bond acceptors (Lipinski definition) is 4. The highest BCUT2D eigenvalue weighted by atomic mass is 32.2. The summed E-state index contributed by atoms with van der Waals surface area (Å²) in [5.74, 6) is 1.38. The summed E-state index contributed by atoms with van der Waals surface area (Å²) in [4.78, 5) is 4.24. The van der Waals surface area contributed by atoms with E-state index in [0.29, 0.717) is 16.6 Å². The van der Waals surface area contributed by atoms with E-state index in [2.05, 4.69) is 25.8 Å². The molecule has 1 fully saturated rings. The largest absolute Gasteiger partial charge is 0.440 e. The molecular weight excluding hydrogens is 256 g/mol. The molecular formula is C15H26N2OS. The van der Waals surface area contributed by atoms with Crippen LogP contribution in [0.5, 0.6) is 0 Å². The highest BCUT2D eigenvalue weighted by molar-refractivity contribution is 7.99. The number of nitrogens with two attached hydrogens (primary N) is 1. The Morgan fingerprint density at radius 2 is 2.26 bits per heavy atom. The summed E-state index contributed by atoms with van der Waals surface area (Å²) in [6, 6.07) is 0. The SMILES string of the molecule is CCC(C)(C)C1CCC(CN)C(Sc2ncco2)C1. The molecule has 3 nitrogen and oxygen atoms in total. The van der Waals surface area contributed by atoms with Gasteiger partial charge in [0.1, 0.15) is 6.26 Å². The lowest BCUT2D eigenvalue weighted by Gasteiger charge is -2.42. The van der Waals surface area contributed by atoms with Gasteiger partial charge in [0.25, 0.3) is 5.22 Å². The van der Waals surface area contributed by atoms with E-state index in [0.717, 1.165) is 17.7 Å². The molecule has 0 aromatic carbocycles. The predicted octanol–water partition coefficient (Wildman–Crippen LogP) is 3.95. The van der Waals surface area contributed by atoms with Crippen molar-refractivity contribution in [2.75, 3.05) is 6.54 Å². The number of aromatic nitrogens is 1. The molecule has 3 atom stereocenters. The molecule has 1 saturated carbocycles. The summed E-state index contributed by atoms with van der Waals surface area (Å²) >= 11 is 1.78. The van der Waals surface area contributed by atoms with Crippen LogP contribution >= 0.6 is 11.8 Å². The van der Waals surface area contributed by atoms with Crippen molar-refractivity contribution in [3.63, 3.8) is 0 Å². The molecule has 0 radical (unpaired) electrons. The van der Waals surface area contributed by atoms with E-state index in [1.165, 1.54) is 25.7 Å². The molecule has 0 aliphatic heterocycles. The minimum absolute atomic E-state index is 0.426. The average molecular weight is 282 g/mol. The lowest BCUT2D eigenvalue weighted by Crippen LogP contribution is -2.37. The zero-order valence-corrected chi connectivity index (χ0v) is 13.1. The van der Waals surface area contributed by atoms with Gasteiger partial charge in [-0.3, -0.25) is 0 Å². The Balaban J connectivity index is 2.04. The number of nitrogens with zero attached hydrogens (tertiary/aromatic N) is 1. The quantitative estimate of drug-likeness (QED) is 0.888. The monoisotopic (exact) mass is 282 g/mol. The Morgan fingerprint density at radius 1 is 1.47 bits per heavy atom. The van der Waals surface area contributed by atoms with Crippen molar-refractivity contribution < 1.29 is 4.42 Å². The van der Waals surface area contributed by atoms with Crippen LogP contribution in [0.1, 0.15) is 46.5 Å². The van der Waals surface area contributed by atoms with Crippen LogP contribution in [0.2, 0.25) is 0 Å². The second kappa shape index (κ2) is 6.31. The Kier molecular flexibility index (Phi) is 4.96. The van der Waals surface area contributed by atoms with Gasteiger partial charge in [-0.05, 0) is 43.1 Å². The lowest BCUT2D eigenvalue weighted by molar-refractivity contribution is 0.134. The van der Waals surface area contributed by atoms with Gasteiger partial charge < -0.3 is 10.2 Å².